The minimum absolute atomic E-state index is 0.0213. The Hall–Kier alpha value is -2.50. The summed E-state index contributed by atoms with van der Waals surface area (Å²) in [6.45, 7) is 3.30. The molecule has 2 atom stereocenters. The van der Waals surface area contributed by atoms with Gasteiger partial charge in [0, 0.05) is 24.5 Å². The third-order valence-electron chi connectivity index (χ3n) is 4.84. The van der Waals surface area contributed by atoms with Crippen molar-refractivity contribution in [2.45, 2.75) is 38.3 Å². The third-order valence-corrected chi connectivity index (χ3v) is 4.84. The number of hydrogen-bond acceptors (Lipinski definition) is 3. The zero-order valence-corrected chi connectivity index (χ0v) is 13.8. The van der Waals surface area contributed by atoms with E-state index in [9.17, 15) is 4.79 Å². The molecule has 2 amide bonds. The Kier molecular flexibility index (Phi) is 3.88. The number of carbonyl (C=O) groups excluding carboxylic acids is 1. The van der Waals surface area contributed by atoms with Crippen LogP contribution in [-0.4, -0.2) is 34.1 Å². The Morgan fingerprint density at radius 3 is 3.17 bits per heavy atom. The number of hydrogen-bond donors (Lipinski definition) is 2. The predicted molar refractivity (Wildman–Crippen MR) is 89.8 cm³/mol. The molecule has 4 rings (SSSR count). The second kappa shape index (κ2) is 6.19. The molecule has 24 heavy (non-hydrogen) atoms. The van der Waals surface area contributed by atoms with Crippen LogP contribution in [0, 0.1) is 6.92 Å². The topological polar surface area (TPSA) is 70.2 Å². The molecule has 2 aliphatic heterocycles. The normalized spacial score (nSPS) is 22.8. The molecule has 1 saturated heterocycles. The van der Waals surface area contributed by atoms with Gasteiger partial charge in [-0.3, -0.25) is 0 Å². The zero-order valence-electron chi connectivity index (χ0n) is 13.8. The van der Waals surface area contributed by atoms with Gasteiger partial charge >= 0.3 is 6.03 Å². The summed E-state index contributed by atoms with van der Waals surface area (Å²) in [6.07, 6.45) is 6.64. The lowest BCUT2D eigenvalue weighted by atomic mass is 10.0. The number of likely N-dealkylation sites (tertiary alicyclic amines) is 1. The van der Waals surface area contributed by atoms with E-state index in [0.717, 1.165) is 42.9 Å². The molecular weight excluding hydrogens is 304 g/mol. The first kappa shape index (κ1) is 15.1. The Morgan fingerprint density at radius 2 is 2.33 bits per heavy atom. The van der Waals surface area contributed by atoms with Crippen molar-refractivity contribution in [2.75, 3.05) is 13.2 Å². The Morgan fingerprint density at radius 1 is 1.42 bits per heavy atom. The molecule has 0 radical (unpaired) electrons. The maximum atomic E-state index is 12.9. The molecule has 1 fully saturated rings. The highest BCUT2D eigenvalue weighted by Crippen LogP contribution is 2.34. The largest absolute Gasteiger partial charge is 0.491 e. The fourth-order valence-electron chi connectivity index (χ4n) is 3.60. The number of urea groups is 1. The summed E-state index contributed by atoms with van der Waals surface area (Å²) in [7, 11) is 0. The van der Waals surface area contributed by atoms with E-state index < -0.39 is 0 Å². The van der Waals surface area contributed by atoms with Gasteiger partial charge < -0.3 is 19.9 Å². The first-order valence-electron chi connectivity index (χ1n) is 8.52. The highest BCUT2D eigenvalue weighted by atomic mass is 16.5. The Balaban J connectivity index is 1.51. The van der Waals surface area contributed by atoms with Crippen molar-refractivity contribution in [1.82, 2.24) is 20.2 Å². The molecule has 6 nitrogen and oxygen atoms in total. The molecule has 0 spiro atoms. The van der Waals surface area contributed by atoms with Gasteiger partial charge in [-0.1, -0.05) is 17.7 Å². The van der Waals surface area contributed by atoms with Crippen molar-refractivity contribution in [2.24, 2.45) is 0 Å². The summed E-state index contributed by atoms with van der Waals surface area (Å²) in [5.74, 6) is 1.73. The van der Waals surface area contributed by atoms with Gasteiger partial charge in [0.1, 0.15) is 18.2 Å². The van der Waals surface area contributed by atoms with Gasteiger partial charge in [-0.15, -0.1) is 0 Å². The number of aryl methyl sites for hydroxylation is 1. The average Bonchev–Trinajstić information content (AvgIpc) is 3.25. The lowest BCUT2D eigenvalue weighted by molar-refractivity contribution is 0.143. The number of nitrogens with zero attached hydrogens (tertiary/aromatic N) is 2. The molecule has 126 valence electrons. The molecule has 2 N–H and O–H groups in total. The molecule has 0 bridgehead atoms. The summed E-state index contributed by atoms with van der Waals surface area (Å²) in [5.41, 5.74) is 2.24. The molecule has 2 aliphatic rings. The van der Waals surface area contributed by atoms with E-state index in [0.29, 0.717) is 6.61 Å². The van der Waals surface area contributed by atoms with E-state index in [1.165, 1.54) is 5.56 Å². The van der Waals surface area contributed by atoms with E-state index in [4.69, 9.17) is 4.74 Å². The number of benzene rings is 1. The van der Waals surface area contributed by atoms with E-state index in [1.54, 1.807) is 6.20 Å². The molecule has 3 heterocycles. The summed E-state index contributed by atoms with van der Waals surface area (Å²) in [5, 5.41) is 3.14. The van der Waals surface area contributed by atoms with Crippen LogP contribution in [0.15, 0.2) is 30.6 Å². The van der Waals surface area contributed by atoms with Crippen LogP contribution in [0.2, 0.25) is 0 Å². The molecular formula is C18H22N4O2. The van der Waals surface area contributed by atoms with Gasteiger partial charge in [-0.2, -0.15) is 0 Å². The van der Waals surface area contributed by atoms with Crippen molar-refractivity contribution in [1.29, 1.82) is 0 Å². The molecule has 2 aromatic rings. The van der Waals surface area contributed by atoms with Crippen LogP contribution >= 0.6 is 0 Å². The monoisotopic (exact) mass is 326 g/mol. The maximum Gasteiger partial charge on any atom is 0.318 e. The Labute approximate surface area is 141 Å². The van der Waals surface area contributed by atoms with Gasteiger partial charge in [0.15, 0.2) is 0 Å². The fraction of sp³-hybridized carbons (Fsp3) is 0.444. The number of nitrogens with one attached hydrogen (secondary N) is 2. The van der Waals surface area contributed by atoms with Crippen molar-refractivity contribution in [3.05, 3.63) is 47.5 Å². The molecule has 1 aromatic heterocycles. The van der Waals surface area contributed by atoms with Gasteiger partial charge in [0.2, 0.25) is 0 Å². The zero-order chi connectivity index (χ0) is 16.5. The minimum atomic E-state index is -0.0911. The van der Waals surface area contributed by atoms with E-state index in [2.05, 4.69) is 28.3 Å². The van der Waals surface area contributed by atoms with Gasteiger partial charge in [-0.05, 0) is 32.3 Å². The number of imidazole rings is 1. The summed E-state index contributed by atoms with van der Waals surface area (Å²) >= 11 is 0. The molecule has 6 heteroatoms. The van der Waals surface area contributed by atoms with E-state index in [1.807, 2.05) is 23.2 Å². The molecule has 0 saturated carbocycles. The van der Waals surface area contributed by atoms with Crippen LogP contribution in [0.5, 0.6) is 5.75 Å². The van der Waals surface area contributed by atoms with Gasteiger partial charge in [-0.25, -0.2) is 9.78 Å². The Bertz CT molecular complexity index is 729. The lowest BCUT2D eigenvalue weighted by Crippen LogP contribution is -2.46. The smallest absolute Gasteiger partial charge is 0.318 e. The van der Waals surface area contributed by atoms with Crippen LogP contribution in [0.3, 0.4) is 0 Å². The SMILES string of the molecule is Cc1ccc2c(c1)[C@@H](NC(=O)N1CCCC[C@@H]1c1ncc[nH]1)CO2. The highest BCUT2D eigenvalue weighted by molar-refractivity contribution is 5.75. The highest BCUT2D eigenvalue weighted by Gasteiger charge is 2.33. The number of aromatic amines is 1. The van der Waals surface area contributed by atoms with Crippen LogP contribution in [-0.2, 0) is 0 Å². The molecule has 0 unspecified atom stereocenters. The first-order chi connectivity index (χ1) is 11.7. The van der Waals surface area contributed by atoms with Crippen LogP contribution in [0.4, 0.5) is 4.79 Å². The lowest BCUT2D eigenvalue weighted by Gasteiger charge is -2.35. The number of H-pyrrole nitrogens is 1. The van der Waals surface area contributed by atoms with Crippen molar-refractivity contribution in [3.8, 4) is 5.75 Å². The minimum Gasteiger partial charge on any atom is -0.491 e. The summed E-state index contributed by atoms with van der Waals surface area (Å²) in [4.78, 5) is 22.3. The number of rotatable bonds is 2. The third kappa shape index (κ3) is 2.72. The second-order valence-electron chi connectivity index (χ2n) is 6.53. The fourth-order valence-corrected chi connectivity index (χ4v) is 3.60. The number of piperidine rings is 1. The van der Waals surface area contributed by atoms with E-state index in [-0.39, 0.29) is 18.1 Å². The van der Waals surface area contributed by atoms with Crippen LogP contribution in [0.1, 0.15) is 48.3 Å². The van der Waals surface area contributed by atoms with E-state index >= 15 is 0 Å². The number of fused-ring (bicyclic) bond motifs is 1. The number of carbonyl (C=O) groups is 1. The van der Waals surface area contributed by atoms with Crippen LogP contribution < -0.4 is 10.1 Å². The average molecular weight is 326 g/mol. The van der Waals surface area contributed by atoms with Crippen molar-refractivity contribution < 1.29 is 9.53 Å². The quantitative estimate of drug-likeness (QED) is 0.891. The maximum absolute atomic E-state index is 12.9. The second-order valence-corrected chi connectivity index (χ2v) is 6.53. The van der Waals surface area contributed by atoms with Crippen molar-refractivity contribution in [3.63, 3.8) is 0 Å². The predicted octanol–water partition coefficient (Wildman–Crippen LogP) is 3.09. The number of amides is 2. The first-order valence-corrected chi connectivity index (χ1v) is 8.52. The van der Waals surface area contributed by atoms with Gasteiger partial charge in [0.25, 0.3) is 0 Å². The van der Waals surface area contributed by atoms with Crippen LogP contribution in [0.25, 0.3) is 0 Å². The standard InChI is InChI=1S/C18H22N4O2/c1-12-5-6-16-13(10-12)14(11-24-16)21-18(23)22-9-3-2-4-15(22)17-19-7-8-20-17/h5-8,10,14-15H,2-4,9,11H2,1H3,(H,19,20)(H,21,23)/t14-,15+/m0/s1. The number of ether oxygens (including phenoxy) is 1. The summed E-state index contributed by atoms with van der Waals surface area (Å²) < 4.78 is 5.70. The molecule has 1 aromatic carbocycles. The van der Waals surface area contributed by atoms with Gasteiger partial charge in [0.05, 0.1) is 12.1 Å². The summed E-state index contributed by atoms with van der Waals surface area (Å²) in [6, 6.07) is 5.98. The van der Waals surface area contributed by atoms with Crippen molar-refractivity contribution >= 4 is 6.03 Å². The number of aromatic nitrogens is 2. The molecule has 0 aliphatic carbocycles.